The number of carbonyl (C=O) groups excluding carboxylic acids is 2. The van der Waals surface area contributed by atoms with E-state index in [4.69, 9.17) is 0 Å². The molecule has 7 nitrogen and oxygen atoms in total. The summed E-state index contributed by atoms with van der Waals surface area (Å²) in [7, 11) is 0. The Labute approximate surface area is 130 Å². The number of carbonyl (C=O) groups is 2. The number of rotatable bonds is 4. The van der Waals surface area contributed by atoms with Gasteiger partial charge in [-0.15, -0.1) is 0 Å². The SMILES string of the molecule is CCCn1cc(CN2CCN3C(=O)CNC(=O)[C@@H]3C2)c(C)n1. The summed E-state index contributed by atoms with van der Waals surface area (Å²) in [5.41, 5.74) is 2.24. The van der Waals surface area contributed by atoms with E-state index in [0.717, 1.165) is 31.7 Å². The van der Waals surface area contributed by atoms with Crippen molar-refractivity contribution in [3.8, 4) is 0 Å². The summed E-state index contributed by atoms with van der Waals surface area (Å²) in [6.45, 7) is 8.01. The fourth-order valence-electron chi connectivity index (χ4n) is 3.19. The quantitative estimate of drug-likeness (QED) is 0.832. The maximum absolute atomic E-state index is 12.0. The molecule has 1 atom stereocenters. The van der Waals surface area contributed by atoms with Crippen molar-refractivity contribution in [2.45, 2.75) is 39.4 Å². The first-order chi connectivity index (χ1) is 10.6. The first-order valence-electron chi connectivity index (χ1n) is 7.91. The van der Waals surface area contributed by atoms with E-state index >= 15 is 0 Å². The zero-order chi connectivity index (χ0) is 15.7. The van der Waals surface area contributed by atoms with Gasteiger partial charge in [0, 0.05) is 44.5 Å². The predicted molar refractivity (Wildman–Crippen MR) is 81.0 cm³/mol. The van der Waals surface area contributed by atoms with Crippen LogP contribution in [0, 0.1) is 6.92 Å². The van der Waals surface area contributed by atoms with E-state index in [0.29, 0.717) is 13.1 Å². The molecular formula is C15H23N5O2. The standard InChI is InChI=1S/C15H23N5O2/c1-3-4-19-9-12(11(2)17-19)8-18-5-6-20-13(10-18)15(22)16-7-14(20)21/h9,13H,3-8,10H2,1-2H3,(H,16,22)/t13-/m0/s1. The number of nitrogens with one attached hydrogen (secondary N) is 1. The molecule has 0 bridgehead atoms. The minimum atomic E-state index is -0.346. The van der Waals surface area contributed by atoms with Gasteiger partial charge in [-0.05, 0) is 13.3 Å². The number of aromatic nitrogens is 2. The first-order valence-corrected chi connectivity index (χ1v) is 7.91. The van der Waals surface area contributed by atoms with Crippen molar-refractivity contribution in [3.05, 3.63) is 17.5 Å². The minimum Gasteiger partial charge on any atom is -0.345 e. The molecule has 1 N–H and O–H groups in total. The van der Waals surface area contributed by atoms with Crippen LogP contribution in [0.25, 0.3) is 0 Å². The molecule has 2 fully saturated rings. The molecule has 2 aliphatic rings. The minimum absolute atomic E-state index is 0.0243. The fourth-order valence-corrected chi connectivity index (χ4v) is 3.19. The van der Waals surface area contributed by atoms with E-state index in [2.05, 4.69) is 28.4 Å². The lowest BCUT2D eigenvalue weighted by atomic mass is 10.1. The average molecular weight is 305 g/mol. The van der Waals surface area contributed by atoms with Gasteiger partial charge < -0.3 is 10.2 Å². The van der Waals surface area contributed by atoms with Gasteiger partial charge in [-0.1, -0.05) is 6.92 Å². The topological polar surface area (TPSA) is 70.5 Å². The highest BCUT2D eigenvalue weighted by atomic mass is 16.2. The van der Waals surface area contributed by atoms with E-state index in [1.54, 1.807) is 4.90 Å². The summed E-state index contributed by atoms with van der Waals surface area (Å²) in [5, 5.41) is 7.19. The Morgan fingerprint density at radius 3 is 2.95 bits per heavy atom. The largest absolute Gasteiger partial charge is 0.345 e. The zero-order valence-corrected chi connectivity index (χ0v) is 13.2. The lowest BCUT2D eigenvalue weighted by molar-refractivity contribution is -0.149. The van der Waals surface area contributed by atoms with Crippen LogP contribution in [0.3, 0.4) is 0 Å². The highest BCUT2D eigenvalue weighted by Crippen LogP contribution is 2.17. The second-order valence-electron chi connectivity index (χ2n) is 6.06. The number of hydrogen-bond acceptors (Lipinski definition) is 4. The molecule has 1 aromatic rings. The smallest absolute Gasteiger partial charge is 0.244 e. The molecule has 2 amide bonds. The number of fused-ring (bicyclic) bond motifs is 1. The van der Waals surface area contributed by atoms with Crippen LogP contribution in [0.2, 0.25) is 0 Å². The van der Waals surface area contributed by atoms with Crippen molar-refractivity contribution >= 4 is 11.8 Å². The molecular weight excluding hydrogens is 282 g/mol. The van der Waals surface area contributed by atoms with Crippen LogP contribution in [0.1, 0.15) is 24.6 Å². The molecule has 0 aliphatic carbocycles. The van der Waals surface area contributed by atoms with Gasteiger partial charge in [-0.25, -0.2) is 0 Å². The van der Waals surface area contributed by atoms with Gasteiger partial charge in [0.1, 0.15) is 6.04 Å². The van der Waals surface area contributed by atoms with Crippen LogP contribution in [0.15, 0.2) is 6.20 Å². The Balaban J connectivity index is 1.67. The molecule has 3 rings (SSSR count). The van der Waals surface area contributed by atoms with Gasteiger partial charge >= 0.3 is 0 Å². The summed E-state index contributed by atoms with van der Waals surface area (Å²) < 4.78 is 1.98. The average Bonchev–Trinajstić information content (AvgIpc) is 2.83. The Hall–Kier alpha value is -1.89. The molecule has 0 radical (unpaired) electrons. The van der Waals surface area contributed by atoms with Crippen LogP contribution < -0.4 is 5.32 Å². The molecule has 0 saturated carbocycles. The Kier molecular flexibility index (Phi) is 4.15. The lowest BCUT2D eigenvalue weighted by Gasteiger charge is -2.42. The molecule has 1 aromatic heterocycles. The number of amides is 2. The molecule has 2 saturated heterocycles. The molecule has 3 heterocycles. The highest BCUT2D eigenvalue weighted by molar-refractivity contribution is 5.95. The molecule has 120 valence electrons. The number of piperazine rings is 2. The Morgan fingerprint density at radius 2 is 2.18 bits per heavy atom. The van der Waals surface area contributed by atoms with Crippen molar-refractivity contribution in [2.75, 3.05) is 26.2 Å². The number of hydrogen-bond donors (Lipinski definition) is 1. The summed E-state index contributed by atoms with van der Waals surface area (Å²) in [5.74, 6) is -0.0149. The van der Waals surface area contributed by atoms with E-state index in [1.807, 2.05) is 11.6 Å². The highest BCUT2D eigenvalue weighted by Gasteiger charge is 2.38. The third-order valence-corrected chi connectivity index (χ3v) is 4.40. The molecule has 0 spiro atoms. The van der Waals surface area contributed by atoms with Gasteiger partial charge in [0.25, 0.3) is 0 Å². The van der Waals surface area contributed by atoms with Crippen molar-refractivity contribution in [3.63, 3.8) is 0 Å². The van der Waals surface area contributed by atoms with Crippen molar-refractivity contribution in [1.29, 1.82) is 0 Å². The zero-order valence-electron chi connectivity index (χ0n) is 13.2. The van der Waals surface area contributed by atoms with E-state index in [-0.39, 0.29) is 24.4 Å². The van der Waals surface area contributed by atoms with Gasteiger partial charge in [-0.2, -0.15) is 5.10 Å². The van der Waals surface area contributed by atoms with Gasteiger partial charge in [0.05, 0.1) is 12.2 Å². The van der Waals surface area contributed by atoms with Gasteiger partial charge in [-0.3, -0.25) is 19.2 Å². The first kappa shape index (κ1) is 15.0. The molecule has 2 aliphatic heterocycles. The third-order valence-electron chi connectivity index (χ3n) is 4.40. The summed E-state index contributed by atoms with van der Waals surface area (Å²) in [4.78, 5) is 27.8. The number of nitrogens with zero attached hydrogens (tertiary/aromatic N) is 4. The van der Waals surface area contributed by atoms with E-state index in [1.165, 1.54) is 5.56 Å². The maximum atomic E-state index is 12.0. The molecule has 0 unspecified atom stereocenters. The third kappa shape index (κ3) is 2.85. The summed E-state index contributed by atoms with van der Waals surface area (Å²) in [6, 6.07) is -0.346. The van der Waals surface area contributed by atoms with Crippen LogP contribution in [-0.4, -0.2) is 63.6 Å². The van der Waals surface area contributed by atoms with Crippen molar-refractivity contribution in [2.24, 2.45) is 0 Å². The molecule has 7 heteroatoms. The normalized spacial score (nSPS) is 22.6. The summed E-state index contributed by atoms with van der Waals surface area (Å²) in [6.07, 6.45) is 3.15. The predicted octanol–water partition coefficient (Wildman–Crippen LogP) is -0.256. The lowest BCUT2D eigenvalue weighted by Crippen LogP contribution is -2.65. The van der Waals surface area contributed by atoms with Crippen LogP contribution >= 0.6 is 0 Å². The molecule has 0 aromatic carbocycles. The maximum Gasteiger partial charge on any atom is 0.244 e. The van der Waals surface area contributed by atoms with Crippen LogP contribution in [-0.2, 0) is 22.7 Å². The van der Waals surface area contributed by atoms with Gasteiger partial charge in [0.2, 0.25) is 11.8 Å². The monoisotopic (exact) mass is 305 g/mol. The van der Waals surface area contributed by atoms with Gasteiger partial charge in [0.15, 0.2) is 0 Å². The van der Waals surface area contributed by atoms with E-state index < -0.39 is 0 Å². The Bertz CT molecular complexity index is 582. The fraction of sp³-hybridized carbons (Fsp3) is 0.667. The van der Waals surface area contributed by atoms with Crippen molar-refractivity contribution < 1.29 is 9.59 Å². The second kappa shape index (κ2) is 6.08. The molecule has 22 heavy (non-hydrogen) atoms. The second-order valence-corrected chi connectivity index (χ2v) is 6.06. The van der Waals surface area contributed by atoms with Crippen LogP contribution in [0.5, 0.6) is 0 Å². The van der Waals surface area contributed by atoms with Crippen molar-refractivity contribution in [1.82, 2.24) is 24.9 Å². The van der Waals surface area contributed by atoms with Crippen LogP contribution in [0.4, 0.5) is 0 Å². The Morgan fingerprint density at radius 1 is 1.36 bits per heavy atom. The number of aryl methyl sites for hydroxylation is 2. The van der Waals surface area contributed by atoms with E-state index in [9.17, 15) is 9.59 Å². The summed E-state index contributed by atoms with van der Waals surface area (Å²) >= 11 is 0.